The Morgan fingerprint density at radius 1 is 1.19 bits per heavy atom. The number of benzene rings is 2. The van der Waals surface area contributed by atoms with Crippen molar-refractivity contribution in [1.82, 2.24) is 5.32 Å². The molecule has 0 aliphatic heterocycles. The molecule has 0 aliphatic rings. The number of hydrogen-bond donors (Lipinski definition) is 2. The number of rotatable bonds is 3. The molecule has 1 heterocycles. The quantitative estimate of drug-likeness (QED) is 0.775. The van der Waals surface area contributed by atoms with Crippen molar-refractivity contribution in [3.05, 3.63) is 47.8 Å². The topological polar surface area (TPSA) is 79.5 Å². The second-order valence-electron chi connectivity index (χ2n) is 4.50. The first-order valence-electron chi connectivity index (χ1n) is 6.17. The maximum atomic E-state index is 13.9. The first kappa shape index (κ1) is 13.1. The van der Waals surface area contributed by atoms with Gasteiger partial charge in [-0.15, -0.1) is 0 Å². The molecule has 2 N–H and O–H groups in total. The van der Waals surface area contributed by atoms with Gasteiger partial charge in [0.15, 0.2) is 0 Å². The first-order chi connectivity index (χ1) is 10.1. The van der Waals surface area contributed by atoms with Crippen LogP contribution in [0.1, 0.15) is 10.4 Å². The van der Waals surface area contributed by atoms with Gasteiger partial charge in [-0.05, 0) is 30.3 Å². The number of furan rings is 1. The fourth-order valence-electron chi connectivity index (χ4n) is 2.18. The van der Waals surface area contributed by atoms with Crippen LogP contribution in [0.15, 0.2) is 40.8 Å². The fourth-order valence-corrected chi connectivity index (χ4v) is 2.18. The smallest absolute Gasteiger partial charge is 0.322 e. The van der Waals surface area contributed by atoms with Crippen molar-refractivity contribution in [1.29, 1.82) is 0 Å². The van der Waals surface area contributed by atoms with Crippen molar-refractivity contribution < 1.29 is 23.5 Å². The molecule has 0 unspecified atom stereocenters. The number of fused-ring (bicyclic) bond motifs is 3. The van der Waals surface area contributed by atoms with Gasteiger partial charge in [0.05, 0.1) is 5.39 Å². The molecular weight excluding hydrogens is 277 g/mol. The maximum Gasteiger partial charge on any atom is 0.322 e. The Labute approximate surface area is 118 Å². The average Bonchev–Trinajstić information content (AvgIpc) is 2.83. The van der Waals surface area contributed by atoms with Crippen LogP contribution < -0.4 is 5.32 Å². The number of halogens is 1. The van der Waals surface area contributed by atoms with Crippen LogP contribution in [0.25, 0.3) is 21.9 Å². The van der Waals surface area contributed by atoms with Crippen LogP contribution in [0.2, 0.25) is 0 Å². The highest BCUT2D eigenvalue weighted by Gasteiger charge is 2.14. The summed E-state index contributed by atoms with van der Waals surface area (Å²) in [5, 5.41) is 11.6. The zero-order chi connectivity index (χ0) is 15.0. The number of aliphatic carboxylic acids is 1. The Hall–Kier alpha value is -2.89. The molecule has 106 valence electrons. The number of carbonyl (C=O) groups excluding carboxylic acids is 1. The monoisotopic (exact) mass is 287 g/mol. The van der Waals surface area contributed by atoms with Crippen molar-refractivity contribution in [2.45, 2.75) is 0 Å². The molecule has 0 aliphatic carbocycles. The van der Waals surface area contributed by atoms with Gasteiger partial charge in [-0.2, -0.15) is 0 Å². The minimum atomic E-state index is -1.13. The van der Waals surface area contributed by atoms with E-state index in [4.69, 9.17) is 9.52 Å². The fraction of sp³-hybridized carbons (Fsp3) is 0.0667. The molecule has 0 atom stereocenters. The van der Waals surface area contributed by atoms with Gasteiger partial charge in [-0.3, -0.25) is 9.59 Å². The summed E-state index contributed by atoms with van der Waals surface area (Å²) >= 11 is 0. The molecular formula is C15H10FNO4. The number of amides is 1. The summed E-state index contributed by atoms with van der Waals surface area (Å²) in [7, 11) is 0. The van der Waals surface area contributed by atoms with E-state index in [-0.39, 0.29) is 5.56 Å². The lowest BCUT2D eigenvalue weighted by atomic mass is 10.1. The van der Waals surface area contributed by atoms with Crippen LogP contribution in [0, 0.1) is 5.82 Å². The Balaban J connectivity index is 2.08. The minimum Gasteiger partial charge on any atom is -0.480 e. The van der Waals surface area contributed by atoms with Gasteiger partial charge in [0.25, 0.3) is 5.91 Å². The summed E-state index contributed by atoms with van der Waals surface area (Å²) in [5.41, 5.74) is 1.10. The predicted molar refractivity (Wildman–Crippen MR) is 73.6 cm³/mol. The highest BCUT2D eigenvalue weighted by atomic mass is 19.1. The summed E-state index contributed by atoms with van der Waals surface area (Å²) in [6.45, 7) is -0.475. The number of carboxylic acid groups (broad SMARTS) is 1. The first-order valence-corrected chi connectivity index (χ1v) is 6.17. The molecule has 1 aromatic heterocycles. The highest BCUT2D eigenvalue weighted by molar-refractivity contribution is 6.08. The number of carbonyl (C=O) groups is 2. The molecule has 5 nitrogen and oxygen atoms in total. The van der Waals surface area contributed by atoms with E-state index in [2.05, 4.69) is 5.32 Å². The van der Waals surface area contributed by atoms with Crippen molar-refractivity contribution in [3.63, 3.8) is 0 Å². The maximum absolute atomic E-state index is 13.9. The summed E-state index contributed by atoms with van der Waals surface area (Å²) < 4.78 is 19.4. The molecule has 21 heavy (non-hydrogen) atoms. The van der Waals surface area contributed by atoms with Crippen molar-refractivity contribution >= 4 is 33.8 Å². The average molecular weight is 287 g/mol. The van der Waals surface area contributed by atoms with E-state index in [0.29, 0.717) is 21.9 Å². The predicted octanol–water partition coefficient (Wildman–Crippen LogP) is 2.54. The molecule has 1 amide bonds. The van der Waals surface area contributed by atoms with Crippen LogP contribution in [0.3, 0.4) is 0 Å². The van der Waals surface area contributed by atoms with Gasteiger partial charge in [0.2, 0.25) is 0 Å². The van der Waals surface area contributed by atoms with Crippen LogP contribution >= 0.6 is 0 Å². The van der Waals surface area contributed by atoms with E-state index in [1.165, 1.54) is 18.2 Å². The van der Waals surface area contributed by atoms with Gasteiger partial charge in [0, 0.05) is 10.9 Å². The zero-order valence-corrected chi connectivity index (χ0v) is 10.7. The Kier molecular flexibility index (Phi) is 3.06. The molecule has 0 fully saturated rings. The highest BCUT2D eigenvalue weighted by Crippen LogP contribution is 2.31. The Bertz CT molecular complexity index is 869. The normalized spacial score (nSPS) is 10.9. The summed E-state index contributed by atoms with van der Waals surface area (Å²) in [6, 6.07) is 9.04. The second-order valence-corrected chi connectivity index (χ2v) is 4.50. The molecule has 0 saturated carbocycles. The SMILES string of the molecule is O=C(O)CNC(=O)c1ccc2oc3cccc(F)c3c2c1. The third-order valence-electron chi connectivity index (χ3n) is 3.11. The number of carboxylic acids is 1. The summed E-state index contributed by atoms with van der Waals surface area (Å²) in [5.74, 6) is -2.11. The Morgan fingerprint density at radius 3 is 2.76 bits per heavy atom. The van der Waals surface area contributed by atoms with Crippen LogP contribution in [0.5, 0.6) is 0 Å². The van der Waals surface area contributed by atoms with Gasteiger partial charge >= 0.3 is 5.97 Å². The molecule has 2 aromatic carbocycles. The third kappa shape index (κ3) is 2.31. The van der Waals surface area contributed by atoms with Crippen molar-refractivity contribution in [3.8, 4) is 0 Å². The van der Waals surface area contributed by atoms with Crippen LogP contribution in [-0.2, 0) is 4.79 Å². The lowest BCUT2D eigenvalue weighted by Crippen LogP contribution is -2.29. The van der Waals surface area contributed by atoms with E-state index in [0.717, 1.165) is 0 Å². The molecule has 0 radical (unpaired) electrons. The Morgan fingerprint density at radius 2 is 2.00 bits per heavy atom. The van der Waals surface area contributed by atoms with Gasteiger partial charge in [0.1, 0.15) is 23.5 Å². The molecule has 3 aromatic rings. The molecule has 3 rings (SSSR count). The van der Waals surface area contributed by atoms with E-state index in [9.17, 15) is 14.0 Å². The largest absolute Gasteiger partial charge is 0.480 e. The zero-order valence-electron chi connectivity index (χ0n) is 10.7. The van der Waals surface area contributed by atoms with Gasteiger partial charge in [-0.1, -0.05) is 6.07 Å². The van der Waals surface area contributed by atoms with Crippen molar-refractivity contribution in [2.75, 3.05) is 6.54 Å². The second kappa shape index (κ2) is 4.90. The minimum absolute atomic E-state index is 0.245. The van der Waals surface area contributed by atoms with Crippen LogP contribution in [0.4, 0.5) is 4.39 Å². The van der Waals surface area contributed by atoms with E-state index >= 15 is 0 Å². The van der Waals surface area contributed by atoms with Crippen LogP contribution in [-0.4, -0.2) is 23.5 Å². The van der Waals surface area contributed by atoms with Crippen molar-refractivity contribution in [2.24, 2.45) is 0 Å². The third-order valence-corrected chi connectivity index (χ3v) is 3.11. The molecule has 0 spiro atoms. The standard InChI is InChI=1S/C15H10FNO4/c16-10-2-1-3-12-14(10)9-6-8(4-5-11(9)21-12)15(20)17-7-13(18)19/h1-6H,7H2,(H,17,20)(H,18,19). The number of hydrogen-bond acceptors (Lipinski definition) is 3. The summed E-state index contributed by atoms with van der Waals surface area (Å²) in [4.78, 5) is 22.3. The lowest BCUT2D eigenvalue weighted by molar-refractivity contribution is -0.135. The van der Waals surface area contributed by atoms with E-state index in [1.807, 2.05) is 0 Å². The van der Waals surface area contributed by atoms with E-state index < -0.39 is 24.2 Å². The number of nitrogens with one attached hydrogen (secondary N) is 1. The van der Waals surface area contributed by atoms with Gasteiger partial charge in [-0.25, -0.2) is 4.39 Å². The molecule has 0 saturated heterocycles. The molecule has 6 heteroatoms. The van der Waals surface area contributed by atoms with Gasteiger partial charge < -0.3 is 14.8 Å². The lowest BCUT2D eigenvalue weighted by Gasteiger charge is -2.02. The molecule has 0 bridgehead atoms. The van der Waals surface area contributed by atoms with E-state index in [1.54, 1.807) is 18.2 Å². The summed E-state index contributed by atoms with van der Waals surface area (Å²) in [6.07, 6.45) is 0.